The minimum Gasteiger partial charge on any atom is -0.480 e. The predicted molar refractivity (Wildman–Crippen MR) is 64.5 cm³/mol. The summed E-state index contributed by atoms with van der Waals surface area (Å²) in [6.45, 7) is 7.08. The van der Waals surface area contributed by atoms with Crippen molar-refractivity contribution in [2.75, 3.05) is 19.6 Å². The molecule has 94 valence electrons. The number of carboxylic acids is 1. The minimum atomic E-state index is -0.720. The quantitative estimate of drug-likeness (QED) is 0.636. The third-order valence-corrected chi connectivity index (χ3v) is 3.12. The first-order valence-electron chi connectivity index (χ1n) is 6.26. The van der Waals surface area contributed by atoms with Gasteiger partial charge in [-0.1, -0.05) is 13.8 Å². The largest absolute Gasteiger partial charge is 0.480 e. The lowest BCUT2D eigenvalue weighted by Crippen LogP contribution is -2.42. The molecular weight excluding hydrogens is 204 g/mol. The van der Waals surface area contributed by atoms with E-state index in [1.54, 1.807) is 0 Å². The Morgan fingerprint density at radius 3 is 2.56 bits per heavy atom. The number of carboxylic acid groups (broad SMARTS) is 1. The van der Waals surface area contributed by atoms with Crippen molar-refractivity contribution in [1.82, 2.24) is 10.6 Å². The highest BCUT2D eigenvalue weighted by atomic mass is 16.4. The average molecular weight is 228 g/mol. The zero-order valence-electron chi connectivity index (χ0n) is 10.3. The van der Waals surface area contributed by atoms with Gasteiger partial charge in [-0.2, -0.15) is 0 Å². The molecule has 0 amide bonds. The molecule has 1 aliphatic rings. The summed E-state index contributed by atoms with van der Waals surface area (Å²) in [6.07, 6.45) is 3.02. The smallest absolute Gasteiger partial charge is 0.320 e. The van der Waals surface area contributed by atoms with Gasteiger partial charge in [0.15, 0.2) is 0 Å². The van der Waals surface area contributed by atoms with Crippen molar-refractivity contribution >= 4 is 5.97 Å². The van der Waals surface area contributed by atoms with Gasteiger partial charge in [0.2, 0.25) is 0 Å². The van der Waals surface area contributed by atoms with Crippen LogP contribution in [-0.4, -0.2) is 36.8 Å². The number of hydrogen-bond donors (Lipinski definition) is 3. The molecule has 0 aromatic carbocycles. The van der Waals surface area contributed by atoms with Gasteiger partial charge in [-0.3, -0.25) is 4.79 Å². The highest BCUT2D eigenvalue weighted by Gasteiger charge is 2.20. The van der Waals surface area contributed by atoms with Crippen molar-refractivity contribution in [1.29, 1.82) is 0 Å². The Hall–Kier alpha value is -0.610. The van der Waals surface area contributed by atoms with Crippen LogP contribution in [0.2, 0.25) is 0 Å². The number of aliphatic carboxylic acids is 1. The van der Waals surface area contributed by atoms with E-state index in [4.69, 9.17) is 5.11 Å². The molecule has 1 heterocycles. The zero-order chi connectivity index (χ0) is 12.0. The molecule has 0 aromatic rings. The maximum atomic E-state index is 11.0. The molecular formula is C12H24N2O2. The molecule has 16 heavy (non-hydrogen) atoms. The van der Waals surface area contributed by atoms with E-state index in [-0.39, 0.29) is 6.04 Å². The van der Waals surface area contributed by atoms with Crippen LogP contribution in [0.3, 0.4) is 0 Å². The van der Waals surface area contributed by atoms with Crippen LogP contribution >= 0.6 is 0 Å². The summed E-state index contributed by atoms with van der Waals surface area (Å²) in [7, 11) is 0. The third-order valence-electron chi connectivity index (χ3n) is 3.12. The molecule has 1 saturated heterocycles. The Morgan fingerprint density at radius 2 is 2.06 bits per heavy atom. The molecule has 0 radical (unpaired) electrons. The molecule has 0 aliphatic carbocycles. The van der Waals surface area contributed by atoms with Gasteiger partial charge in [-0.05, 0) is 50.7 Å². The Morgan fingerprint density at radius 1 is 1.44 bits per heavy atom. The summed E-state index contributed by atoms with van der Waals surface area (Å²) in [5, 5.41) is 15.6. The van der Waals surface area contributed by atoms with Crippen molar-refractivity contribution in [2.45, 2.75) is 39.2 Å². The molecule has 3 N–H and O–H groups in total. The van der Waals surface area contributed by atoms with Crippen LogP contribution < -0.4 is 10.6 Å². The highest BCUT2D eigenvalue weighted by molar-refractivity contribution is 5.73. The van der Waals surface area contributed by atoms with Gasteiger partial charge in [-0.15, -0.1) is 0 Å². The van der Waals surface area contributed by atoms with E-state index in [0.29, 0.717) is 18.3 Å². The zero-order valence-corrected chi connectivity index (χ0v) is 10.3. The molecule has 4 heteroatoms. The summed E-state index contributed by atoms with van der Waals surface area (Å²) in [5.74, 6) is 0.333. The minimum absolute atomic E-state index is 0.380. The summed E-state index contributed by atoms with van der Waals surface area (Å²) in [5.41, 5.74) is 0. The van der Waals surface area contributed by atoms with Crippen molar-refractivity contribution in [3.63, 3.8) is 0 Å². The fourth-order valence-corrected chi connectivity index (χ4v) is 2.14. The van der Waals surface area contributed by atoms with Crippen LogP contribution in [-0.2, 0) is 4.79 Å². The molecule has 1 atom stereocenters. The van der Waals surface area contributed by atoms with Crippen LogP contribution in [0.1, 0.15) is 33.1 Å². The van der Waals surface area contributed by atoms with Crippen LogP contribution in [0.5, 0.6) is 0 Å². The monoisotopic (exact) mass is 228 g/mol. The predicted octanol–water partition coefficient (Wildman–Crippen LogP) is 1.07. The Kier molecular flexibility index (Phi) is 5.77. The normalized spacial score (nSPS) is 19.9. The van der Waals surface area contributed by atoms with Gasteiger partial charge in [0, 0.05) is 0 Å². The van der Waals surface area contributed by atoms with Crippen molar-refractivity contribution in [3.05, 3.63) is 0 Å². The van der Waals surface area contributed by atoms with Gasteiger partial charge in [-0.25, -0.2) is 0 Å². The molecule has 1 unspecified atom stereocenters. The third kappa shape index (κ3) is 4.94. The molecule has 1 rings (SSSR count). The maximum Gasteiger partial charge on any atom is 0.320 e. The molecule has 1 aliphatic heterocycles. The van der Waals surface area contributed by atoms with E-state index >= 15 is 0 Å². The van der Waals surface area contributed by atoms with Crippen LogP contribution in [0.4, 0.5) is 0 Å². The maximum absolute atomic E-state index is 11.0. The van der Waals surface area contributed by atoms with Crippen LogP contribution in [0.15, 0.2) is 0 Å². The second-order valence-electron chi connectivity index (χ2n) is 5.12. The van der Waals surface area contributed by atoms with Crippen LogP contribution in [0.25, 0.3) is 0 Å². The number of carbonyl (C=O) groups is 1. The van der Waals surface area contributed by atoms with E-state index in [9.17, 15) is 4.79 Å². The summed E-state index contributed by atoms with van der Waals surface area (Å²) in [4.78, 5) is 11.0. The van der Waals surface area contributed by atoms with E-state index in [1.165, 1.54) is 0 Å². The van der Waals surface area contributed by atoms with E-state index in [0.717, 1.165) is 32.5 Å². The van der Waals surface area contributed by atoms with Gasteiger partial charge >= 0.3 is 5.97 Å². The molecule has 0 spiro atoms. The van der Waals surface area contributed by atoms with Crippen LogP contribution in [0, 0.1) is 11.8 Å². The van der Waals surface area contributed by atoms with Crippen molar-refractivity contribution in [3.8, 4) is 0 Å². The molecule has 1 fully saturated rings. The Balaban J connectivity index is 2.28. The van der Waals surface area contributed by atoms with E-state index in [1.807, 2.05) is 0 Å². The fourth-order valence-electron chi connectivity index (χ4n) is 2.14. The van der Waals surface area contributed by atoms with Gasteiger partial charge in [0.25, 0.3) is 0 Å². The molecule has 0 aromatic heterocycles. The number of hydrogen-bond acceptors (Lipinski definition) is 3. The molecule has 0 bridgehead atoms. The first-order chi connectivity index (χ1) is 7.59. The standard InChI is InChI=1S/C12H24N2O2/c1-9(2)7-11(12(15)16)14-8-10-3-5-13-6-4-10/h9-11,13-14H,3-8H2,1-2H3,(H,15,16). The van der Waals surface area contributed by atoms with Gasteiger partial charge < -0.3 is 15.7 Å². The fraction of sp³-hybridized carbons (Fsp3) is 0.917. The number of piperidine rings is 1. The number of nitrogens with one attached hydrogen (secondary N) is 2. The first kappa shape index (κ1) is 13.5. The van der Waals surface area contributed by atoms with E-state index in [2.05, 4.69) is 24.5 Å². The lowest BCUT2D eigenvalue weighted by molar-refractivity contribution is -0.140. The SMILES string of the molecule is CC(C)CC(NCC1CCNCC1)C(=O)O. The molecule has 0 saturated carbocycles. The van der Waals surface area contributed by atoms with E-state index < -0.39 is 5.97 Å². The number of rotatable bonds is 6. The molecule has 4 nitrogen and oxygen atoms in total. The summed E-state index contributed by atoms with van der Waals surface area (Å²) < 4.78 is 0. The van der Waals surface area contributed by atoms with Gasteiger partial charge in [0.05, 0.1) is 0 Å². The average Bonchev–Trinajstić information content (AvgIpc) is 2.25. The topological polar surface area (TPSA) is 61.4 Å². The lowest BCUT2D eigenvalue weighted by Gasteiger charge is -2.25. The Labute approximate surface area is 97.8 Å². The lowest BCUT2D eigenvalue weighted by atomic mass is 9.97. The summed E-state index contributed by atoms with van der Waals surface area (Å²) >= 11 is 0. The second-order valence-corrected chi connectivity index (χ2v) is 5.12. The Bertz CT molecular complexity index is 213. The van der Waals surface area contributed by atoms with Gasteiger partial charge in [0.1, 0.15) is 6.04 Å². The first-order valence-corrected chi connectivity index (χ1v) is 6.26. The summed E-state index contributed by atoms with van der Waals surface area (Å²) in [6, 6.07) is -0.380. The van der Waals surface area contributed by atoms with Crippen molar-refractivity contribution < 1.29 is 9.90 Å². The second kappa shape index (κ2) is 6.86. The highest BCUT2D eigenvalue weighted by Crippen LogP contribution is 2.11. The van der Waals surface area contributed by atoms with Crippen molar-refractivity contribution in [2.24, 2.45) is 11.8 Å².